The van der Waals surface area contributed by atoms with Gasteiger partial charge in [-0.2, -0.15) is 5.10 Å². The highest BCUT2D eigenvalue weighted by atomic mass is 16.6. The molecular formula is C18H19N3O3. The number of rotatable bonds is 6. The second-order valence-electron chi connectivity index (χ2n) is 5.71. The third-order valence-electron chi connectivity index (χ3n) is 3.52. The fourth-order valence-corrected chi connectivity index (χ4v) is 2.11. The average Bonchev–Trinajstić information content (AvgIpc) is 2.55. The minimum atomic E-state index is -0.474. The number of non-ortho nitro benzene ring substituents is 1. The second-order valence-corrected chi connectivity index (χ2v) is 5.71. The highest BCUT2D eigenvalue weighted by molar-refractivity contribution is 5.83. The molecule has 124 valence electrons. The molecule has 0 aliphatic heterocycles. The number of hydrazone groups is 1. The van der Waals surface area contributed by atoms with Crippen molar-refractivity contribution >= 4 is 17.8 Å². The maximum absolute atomic E-state index is 11.8. The molecule has 0 aliphatic carbocycles. The zero-order chi connectivity index (χ0) is 17.5. The Morgan fingerprint density at radius 3 is 2.33 bits per heavy atom. The molecule has 0 aliphatic rings. The van der Waals surface area contributed by atoms with E-state index in [1.54, 1.807) is 18.3 Å². The summed E-state index contributed by atoms with van der Waals surface area (Å²) in [6.45, 7) is 4.25. The van der Waals surface area contributed by atoms with E-state index in [0.29, 0.717) is 11.5 Å². The molecule has 1 N–H and O–H groups in total. The SMILES string of the molecule is CC(C)c1ccc(C=NNC(=O)Cc2ccc([N+](=O)[O-])cc2)cc1. The number of carbonyl (C=O) groups excluding carboxylic acids is 1. The number of benzene rings is 2. The number of carbonyl (C=O) groups is 1. The molecule has 1 amide bonds. The summed E-state index contributed by atoms with van der Waals surface area (Å²) in [5.41, 5.74) is 5.29. The molecule has 0 spiro atoms. The largest absolute Gasteiger partial charge is 0.273 e. The van der Waals surface area contributed by atoms with Gasteiger partial charge in [-0.3, -0.25) is 14.9 Å². The highest BCUT2D eigenvalue weighted by Crippen LogP contribution is 2.14. The molecule has 6 heteroatoms. The van der Waals surface area contributed by atoms with Gasteiger partial charge in [-0.05, 0) is 22.6 Å². The maximum atomic E-state index is 11.8. The van der Waals surface area contributed by atoms with Gasteiger partial charge >= 0.3 is 0 Å². The fourth-order valence-electron chi connectivity index (χ4n) is 2.11. The van der Waals surface area contributed by atoms with Crippen LogP contribution in [0.15, 0.2) is 53.6 Å². The lowest BCUT2D eigenvalue weighted by Gasteiger charge is -2.04. The zero-order valence-electron chi connectivity index (χ0n) is 13.6. The van der Waals surface area contributed by atoms with E-state index in [4.69, 9.17) is 0 Å². The summed E-state index contributed by atoms with van der Waals surface area (Å²) >= 11 is 0. The van der Waals surface area contributed by atoms with Gasteiger partial charge in [-0.1, -0.05) is 50.2 Å². The minimum Gasteiger partial charge on any atom is -0.273 e. The van der Waals surface area contributed by atoms with Gasteiger partial charge in [0.1, 0.15) is 0 Å². The molecule has 2 aromatic carbocycles. The molecule has 0 atom stereocenters. The Morgan fingerprint density at radius 1 is 1.17 bits per heavy atom. The molecule has 6 nitrogen and oxygen atoms in total. The number of nitrogens with zero attached hydrogens (tertiary/aromatic N) is 2. The molecule has 0 saturated heterocycles. The Balaban J connectivity index is 1.87. The first-order valence-electron chi connectivity index (χ1n) is 7.61. The summed E-state index contributed by atoms with van der Waals surface area (Å²) < 4.78 is 0. The van der Waals surface area contributed by atoms with E-state index in [1.807, 2.05) is 24.3 Å². The number of nitro benzene ring substituents is 1. The van der Waals surface area contributed by atoms with Crippen LogP contribution in [0.4, 0.5) is 5.69 Å². The number of hydrogen-bond acceptors (Lipinski definition) is 4. The predicted molar refractivity (Wildman–Crippen MR) is 93.1 cm³/mol. The minimum absolute atomic E-state index is 0.00187. The van der Waals surface area contributed by atoms with E-state index < -0.39 is 4.92 Å². The quantitative estimate of drug-likeness (QED) is 0.502. The first-order valence-corrected chi connectivity index (χ1v) is 7.61. The van der Waals surface area contributed by atoms with Gasteiger partial charge in [0.2, 0.25) is 5.91 Å². The van der Waals surface area contributed by atoms with Crippen molar-refractivity contribution in [1.82, 2.24) is 5.43 Å². The van der Waals surface area contributed by atoms with Crippen molar-refractivity contribution in [3.05, 3.63) is 75.3 Å². The molecule has 0 aromatic heterocycles. The lowest BCUT2D eigenvalue weighted by molar-refractivity contribution is -0.384. The lowest BCUT2D eigenvalue weighted by Crippen LogP contribution is -2.19. The van der Waals surface area contributed by atoms with E-state index in [2.05, 4.69) is 24.4 Å². The second kappa shape index (κ2) is 8.01. The van der Waals surface area contributed by atoms with Crippen LogP contribution < -0.4 is 5.43 Å². The molecule has 0 radical (unpaired) electrons. The van der Waals surface area contributed by atoms with Gasteiger partial charge in [0.15, 0.2) is 0 Å². The molecule has 0 bridgehead atoms. The van der Waals surface area contributed by atoms with Crippen LogP contribution in [0.1, 0.15) is 36.5 Å². The summed E-state index contributed by atoms with van der Waals surface area (Å²) in [6, 6.07) is 13.8. The van der Waals surface area contributed by atoms with Crippen molar-refractivity contribution in [2.45, 2.75) is 26.2 Å². The third-order valence-corrected chi connectivity index (χ3v) is 3.52. The van der Waals surface area contributed by atoms with Crippen LogP contribution in [0.25, 0.3) is 0 Å². The van der Waals surface area contributed by atoms with Gasteiger partial charge in [0.25, 0.3) is 5.69 Å². The molecule has 0 fully saturated rings. The van der Waals surface area contributed by atoms with E-state index >= 15 is 0 Å². The molecule has 2 aromatic rings. The molecule has 24 heavy (non-hydrogen) atoms. The molecular weight excluding hydrogens is 306 g/mol. The van der Waals surface area contributed by atoms with Gasteiger partial charge < -0.3 is 0 Å². The lowest BCUT2D eigenvalue weighted by atomic mass is 10.0. The summed E-state index contributed by atoms with van der Waals surface area (Å²) in [7, 11) is 0. The fraction of sp³-hybridized carbons (Fsp3) is 0.222. The van der Waals surface area contributed by atoms with Crippen LogP contribution in [-0.2, 0) is 11.2 Å². The third kappa shape index (κ3) is 5.01. The summed E-state index contributed by atoms with van der Waals surface area (Å²) in [5.74, 6) is 0.191. The summed E-state index contributed by atoms with van der Waals surface area (Å²) in [6.07, 6.45) is 1.69. The molecule has 0 saturated carbocycles. The summed E-state index contributed by atoms with van der Waals surface area (Å²) in [5, 5.41) is 14.5. The maximum Gasteiger partial charge on any atom is 0.269 e. The zero-order valence-corrected chi connectivity index (χ0v) is 13.6. The molecule has 0 heterocycles. The van der Waals surface area contributed by atoms with Crippen LogP contribution in [0.5, 0.6) is 0 Å². The van der Waals surface area contributed by atoms with Gasteiger partial charge in [-0.25, -0.2) is 5.43 Å². The van der Waals surface area contributed by atoms with Crippen molar-refractivity contribution in [2.24, 2.45) is 5.10 Å². The Labute approximate surface area is 140 Å². The van der Waals surface area contributed by atoms with Gasteiger partial charge in [-0.15, -0.1) is 0 Å². The molecule has 0 unspecified atom stereocenters. The van der Waals surface area contributed by atoms with Crippen LogP contribution in [-0.4, -0.2) is 17.0 Å². The van der Waals surface area contributed by atoms with Crippen molar-refractivity contribution in [1.29, 1.82) is 0 Å². The first-order chi connectivity index (χ1) is 11.5. The number of nitrogens with one attached hydrogen (secondary N) is 1. The van der Waals surface area contributed by atoms with Crippen LogP contribution in [0, 0.1) is 10.1 Å². The topological polar surface area (TPSA) is 84.6 Å². The van der Waals surface area contributed by atoms with Crippen molar-refractivity contribution in [2.75, 3.05) is 0 Å². The van der Waals surface area contributed by atoms with E-state index in [9.17, 15) is 14.9 Å². The van der Waals surface area contributed by atoms with E-state index in [1.165, 1.54) is 17.7 Å². The number of amides is 1. The normalized spacial score (nSPS) is 11.0. The van der Waals surface area contributed by atoms with Gasteiger partial charge in [0, 0.05) is 12.1 Å². The van der Waals surface area contributed by atoms with Crippen LogP contribution in [0.2, 0.25) is 0 Å². The monoisotopic (exact) mass is 325 g/mol. The molecule has 2 rings (SSSR count). The van der Waals surface area contributed by atoms with Crippen molar-refractivity contribution in [3.8, 4) is 0 Å². The van der Waals surface area contributed by atoms with Crippen LogP contribution >= 0.6 is 0 Å². The number of nitro groups is 1. The summed E-state index contributed by atoms with van der Waals surface area (Å²) in [4.78, 5) is 21.9. The smallest absolute Gasteiger partial charge is 0.269 e. The van der Waals surface area contributed by atoms with Crippen molar-refractivity contribution in [3.63, 3.8) is 0 Å². The Kier molecular flexibility index (Phi) is 5.78. The highest BCUT2D eigenvalue weighted by Gasteiger charge is 2.06. The predicted octanol–water partition coefficient (Wildman–Crippen LogP) is 3.41. The average molecular weight is 325 g/mol. The Bertz CT molecular complexity index is 735. The van der Waals surface area contributed by atoms with E-state index in [0.717, 1.165) is 5.56 Å². The Morgan fingerprint density at radius 2 is 1.79 bits per heavy atom. The standard InChI is InChI=1S/C18H19N3O3/c1-13(2)16-7-3-15(4-8-16)12-19-20-18(22)11-14-5-9-17(10-6-14)21(23)24/h3-10,12-13H,11H2,1-2H3,(H,20,22). The van der Waals surface area contributed by atoms with Crippen LogP contribution in [0.3, 0.4) is 0 Å². The first kappa shape index (κ1) is 17.3. The van der Waals surface area contributed by atoms with Crippen molar-refractivity contribution < 1.29 is 9.72 Å². The Hall–Kier alpha value is -3.02. The van der Waals surface area contributed by atoms with Gasteiger partial charge in [0.05, 0.1) is 17.6 Å². The number of hydrogen-bond donors (Lipinski definition) is 1. The van der Waals surface area contributed by atoms with E-state index in [-0.39, 0.29) is 18.0 Å².